The minimum Gasteiger partial charge on any atom is -0.496 e. The highest BCUT2D eigenvalue weighted by atomic mass is 19.1. The third-order valence-corrected chi connectivity index (χ3v) is 3.05. The average molecular weight is 252 g/mol. The smallest absolute Gasteiger partial charge is 0.257 e. The zero-order chi connectivity index (χ0) is 13.1. The first-order chi connectivity index (χ1) is 8.61. The monoisotopic (exact) mass is 252 g/mol. The maximum absolute atomic E-state index is 13.2. The van der Waals surface area contributed by atoms with Gasteiger partial charge in [-0.1, -0.05) is 0 Å². The molecule has 4 nitrogen and oxygen atoms in total. The first kappa shape index (κ1) is 12.8. The molecule has 1 atom stereocenters. The second kappa shape index (κ2) is 5.35. The predicted molar refractivity (Wildman–Crippen MR) is 66.3 cm³/mol. The van der Waals surface area contributed by atoms with Crippen molar-refractivity contribution in [3.63, 3.8) is 0 Å². The molecule has 1 aromatic carbocycles. The normalized spacial score (nSPS) is 19.7. The number of nitrogens with one attached hydrogen (secondary N) is 1. The van der Waals surface area contributed by atoms with E-state index < -0.39 is 5.82 Å². The van der Waals surface area contributed by atoms with Crippen LogP contribution in [0.3, 0.4) is 0 Å². The number of ether oxygens (including phenoxy) is 1. The highest BCUT2D eigenvalue weighted by molar-refractivity contribution is 5.97. The van der Waals surface area contributed by atoms with Gasteiger partial charge in [0.1, 0.15) is 11.6 Å². The number of benzene rings is 1. The Morgan fingerprint density at radius 3 is 3.00 bits per heavy atom. The third-order valence-electron chi connectivity index (χ3n) is 3.05. The highest BCUT2D eigenvalue weighted by Gasteiger charge is 2.24. The summed E-state index contributed by atoms with van der Waals surface area (Å²) in [6.07, 6.45) is 0. The van der Waals surface area contributed by atoms with Crippen LogP contribution in [0.15, 0.2) is 18.2 Å². The van der Waals surface area contributed by atoms with Gasteiger partial charge >= 0.3 is 0 Å². The van der Waals surface area contributed by atoms with Crippen LogP contribution in [0.25, 0.3) is 0 Å². The summed E-state index contributed by atoms with van der Waals surface area (Å²) in [7, 11) is 1.48. The van der Waals surface area contributed by atoms with Gasteiger partial charge in [0, 0.05) is 25.7 Å². The van der Waals surface area contributed by atoms with Crippen LogP contribution in [-0.2, 0) is 0 Å². The number of carbonyl (C=O) groups excluding carboxylic acids is 1. The van der Waals surface area contributed by atoms with Gasteiger partial charge in [0.15, 0.2) is 0 Å². The van der Waals surface area contributed by atoms with Gasteiger partial charge in [0.05, 0.1) is 12.7 Å². The molecule has 2 rings (SSSR count). The second-order valence-electron chi connectivity index (χ2n) is 4.45. The summed E-state index contributed by atoms with van der Waals surface area (Å²) < 4.78 is 18.4. The number of amides is 1. The Kier molecular flexibility index (Phi) is 3.81. The highest BCUT2D eigenvalue weighted by Crippen LogP contribution is 2.21. The molecule has 1 aliphatic heterocycles. The van der Waals surface area contributed by atoms with Crippen LogP contribution in [-0.4, -0.2) is 43.6 Å². The lowest BCUT2D eigenvalue weighted by atomic mass is 10.1. The lowest BCUT2D eigenvalue weighted by molar-refractivity contribution is 0.0705. The summed E-state index contributed by atoms with van der Waals surface area (Å²) in [5, 5.41) is 3.26. The molecule has 1 aromatic rings. The number of carbonyl (C=O) groups is 1. The predicted octanol–water partition coefficient (Wildman–Crippen LogP) is 1.27. The molecule has 1 unspecified atom stereocenters. The van der Waals surface area contributed by atoms with Crippen molar-refractivity contribution in [2.24, 2.45) is 0 Å². The number of hydrogen-bond acceptors (Lipinski definition) is 3. The Bertz CT molecular complexity index is 451. The van der Waals surface area contributed by atoms with E-state index in [0.29, 0.717) is 18.8 Å². The first-order valence-electron chi connectivity index (χ1n) is 5.98. The molecule has 1 fully saturated rings. The van der Waals surface area contributed by atoms with Gasteiger partial charge in [-0.3, -0.25) is 4.79 Å². The summed E-state index contributed by atoms with van der Waals surface area (Å²) >= 11 is 0. The average Bonchev–Trinajstić information content (AvgIpc) is 2.38. The molecular weight excluding hydrogens is 235 g/mol. The Hall–Kier alpha value is -1.62. The molecule has 5 heteroatoms. The van der Waals surface area contributed by atoms with Crippen molar-refractivity contribution in [2.45, 2.75) is 13.0 Å². The zero-order valence-electron chi connectivity index (χ0n) is 10.6. The van der Waals surface area contributed by atoms with E-state index in [-0.39, 0.29) is 17.5 Å². The molecule has 0 aromatic heterocycles. The maximum atomic E-state index is 13.2. The van der Waals surface area contributed by atoms with Gasteiger partial charge in [0.25, 0.3) is 5.91 Å². The number of piperazine rings is 1. The number of rotatable bonds is 2. The van der Waals surface area contributed by atoms with Crippen LogP contribution in [0.4, 0.5) is 4.39 Å². The fraction of sp³-hybridized carbons (Fsp3) is 0.462. The minimum atomic E-state index is -0.428. The largest absolute Gasteiger partial charge is 0.496 e. The number of nitrogens with zero attached hydrogens (tertiary/aromatic N) is 1. The number of halogens is 1. The lowest BCUT2D eigenvalue weighted by Gasteiger charge is -2.32. The molecule has 98 valence electrons. The quantitative estimate of drug-likeness (QED) is 0.861. The van der Waals surface area contributed by atoms with E-state index in [1.807, 2.05) is 6.92 Å². The standard InChI is InChI=1S/C13H17FN2O2/c1-9-8-16(6-5-15-9)13(17)11-7-10(14)3-4-12(11)18-2/h3-4,7,9,15H,5-6,8H2,1-2H3. The summed E-state index contributed by atoms with van der Waals surface area (Å²) in [6, 6.07) is 4.25. The van der Waals surface area contributed by atoms with Crippen LogP contribution in [0.5, 0.6) is 5.75 Å². The third kappa shape index (κ3) is 2.61. The molecule has 0 saturated carbocycles. The van der Waals surface area contributed by atoms with Gasteiger partial charge in [-0.2, -0.15) is 0 Å². The molecule has 0 bridgehead atoms. The van der Waals surface area contributed by atoms with E-state index in [2.05, 4.69) is 5.32 Å². The van der Waals surface area contributed by atoms with Crippen molar-refractivity contribution < 1.29 is 13.9 Å². The summed E-state index contributed by atoms with van der Waals surface area (Å²) in [5.41, 5.74) is 0.284. The Morgan fingerprint density at radius 1 is 1.56 bits per heavy atom. The lowest BCUT2D eigenvalue weighted by Crippen LogP contribution is -2.51. The van der Waals surface area contributed by atoms with Crippen molar-refractivity contribution in [3.8, 4) is 5.75 Å². The van der Waals surface area contributed by atoms with Crippen LogP contribution in [0, 0.1) is 5.82 Å². The van der Waals surface area contributed by atoms with Crippen LogP contribution >= 0.6 is 0 Å². The van der Waals surface area contributed by atoms with Gasteiger partial charge in [0.2, 0.25) is 0 Å². The molecule has 1 saturated heterocycles. The molecule has 1 amide bonds. The van der Waals surface area contributed by atoms with Crippen LogP contribution in [0.1, 0.15) is 17.3 Å². The van der Waals surface area contributed by atoms with E-state index in [0.717, 1.165) is 6.54 Å². The van der Waals surface area contributed by atoms with Crippen LogP contribution in [0.2, 0.25) is 0 Å². The van der Waals surface area contributed by atoms with Crippen molar-refractivity contribution in [3.05, 3.63) is 29.6 Å². The van der Waals surface area contributed by atoms with Crippen LogP contribution < -0.4 is 10.1 Å². The fourth-order valence-electron chi connectivity index (χ4n) is 2.13. The molecule has 0 radical (unpaired) electrons. The maximum Gasteiger partial charge on any atom is 0.257 e. The molecule has 0 spiro atoms. The van der Waals surface area contributed by atoms with Gasteiger partial charge in [-0.25, -0.2) is 4.39 Å². The number of methoxy groups -OCH3 is 1. The fourth-order valence-corrected chi connectivity index (χ4v) is 2.13. The molecular formula is C13H17FN2O2. The first-order valence-corrected chi connectivity index (χ1v) is 5.98. The van der Waals surface area contributed by atoms with Gasteiger partial charge in [-0.15, -0.1) is 0 Å². The van der Waals surface area contributed by atoms with Crippen molar-refractivity contribution in [1.82, 2.24) is 10.2 Å². The molecule has 1 heterocycles. The summed E-state index contributed by atoms with van der Waals surface area (Å²) in [4.78, 5) is 14.0. The second-order valence-corrected chi connectivity index (χ2v) is 4.45. The van der Waals surface area contributed by atoms with E-state index >= 15 is 0 Å². The van der Waals surface area contributed by atoms with E-state index in [1.54, 1.807) is 4.90 Å². The number of hydrogen-bond donors (Lipinski definition) is 1. The summed E-state index contributed by atoms with van der Waals surface area (Å²) in [5.74, 6) is -0.199. The molecule has 0 aliphatic carbocycles. The van der Waals surface area contributed by atoms with Gasteiger partial charge in [-0.05, 0) is 25.1 Å². The molecule has 1 N–H and O–H groups in total. The Balaban J connectivity index is 2.24. The van der Waals surface area contributed by atoms with E-state index in [1.165, 1.54) is 25.3 Å². The Morgan fingerprint density at radius 2 is 2.33 bits per heavy atom. The van der Waals surface area contributed by atoms with Crippen molar-refractivity contribution in [2.75, 3.05) is 26.7 Å². The van der Waals surface area contributed by atoms with E-state index in [9.17, 15) is 9.18 Å². The molecule has 18 heavy (non-hydrogen) atoms. The Labute approximate surface area is 106 Å². The molecule has 1 aliphatic rings. The SMILES string of the molecule is COc1ccc(F)cc1C(=O)N1CCNC(C)C1. The van der Waals surface area contributed by atoms with Crippen molar-refractivity contribution >= 4 is 5.91 Å². The minimum absolute atomic E-state index is 0.181. The topological polar surface area (TPSA) is 41.6 Å². The zero-order valence-corrected chi connectivity index (χ0v) is 10.6. The van der Waals surface area contributed by atoms with Crippen molar-refractivity contribution in [1.29, 1.82) is 0 Å². The van der Waals surface area contributed by atoms with Gasteiger partial charge < -0.3 is 15.0 Å². The van der Waals surface area contributed by atoms with E-state index in [4.69, 9.17) is 4.74 Å². The summed E-state index contributed by atoms with van der Waals surface area (Å²) in [6.45, 7) is 4.02.